The van der Waals surface area contributed by atoms with Crippen molar-refractivity contribution >= 4 is 34.2 Å². The van der Waals surface area contributed by atoms with Gasteiger partial charge in [0.05, 0.1) is 6.54 Å². The zero-order valence-corrected chi connectivity index (χ0v) is 17.5. The van der Waals surface area contributed by atoms with Crippen molar-refractivity contribution in [2.24, 2.45) is 5.92 Å². The van der Waals surface area contributed by atoms with Gasteiger partial charge in [-0.3, -0.25) is 14.4 Å². The van der Waals surface area contributed by atoms with Gasteiger partial charge in [0.25, 0.3) is 0 Å². The van der Waals surface area contributed by atoms with Crippen LogP contribution >= 0.6 is 11.3 Å². The molecule has 2 aromatic heterocycles. The number of fused-ring (bicyclic) bond motifs is 1. The van der Waals surface area contributed by atoms with E-state index in [1.54, 1.807) is 18.6 Å². The first kappa shape index (κ1) is 20.9. The zero-order valence-electron chi connectivity index (χ0n) is 16.7. The van der Waals surface area contributed by atoms with E-state index in [-0.39, 0.29) is 18.2 Å². The highest BCUT2D eigenvalue weighted by molar-refractivity contribution is 7.13. The van der Waals surface area contributed by atoms with Crippen LogP contribution in [0.5, 0.6) is 0 Å². The van der Waals surface area contributed by atoms with Gasteiger partial charge in [-0.15, -0.1) is 21.5 Å². The molecular weight excluding hydrogens is 394 g/mol. The minimum absolute atomic E-state index is 0.139. The number of aromatic nitrogens is 4. The van der Waals surface area contributed by atoms with Crippen molar-refractivity contribution in [3.05, 3.63) is 23.2 Å². The van der Waals surface area contributed by atoms with Gasteiger partial charge in [-0.25, -0.2) is 4.98 Å². The van der Waals surface area contributed by atoms with Crippen LogP contribution in [0.4, 0.5) is 5.13 Å². The molecule has 1 aliphatic heterocycles. The molecule has 2 aromatic rings. The van der Waals surface area contributed by atoms with Crippen LogP contribution in [-0.2, 0) is 33.9 Å². The largest absolute Gasteiger partial charge is 0.344 e. The third-order valence-corrected chi connectivity index (χ3v) is 5.38. The molecule has 0 fully saturated rings. The third kappa shape index (κ3) is 5.17. The predicted octanol–water partition coefficient (Wildman–Crippen LogP) is 0.809. The molecule has 0 saturated heterocycles. The van der Waals surface area contributed by atoms with Gasteiger partial charge in [-0.05, 0) is 12.3 Å². The fraction of sp³-hybridized carbons (Fsp3) is 0.556. The molecule has 11 heteroatoms. The summed E-state index contributed by atoms with van der Waals surface area (Å²) in [5.74, 6) is 0.331. The summed E-state index contributed by atoms with van der Waals surface area (Å²) >= 11 is 1.27. The molecule has 0 bridgehead atoms. The summed E-state index contributed by atoms with van der Waals surface area (Å²) < 4.78 is 2.04. The van der Waals surface area contributed by atoms with E-state index in [4.69, 9.17) is 0 Å². The number of carbonyl (C=O) groups is 3. The Bertz CT molecular complexity index is 878. The Balaban J connectivity index is 1.56. The number of nitrogens with zero attached hydrogens (tertiary/aromatic N) is 5. The lowest BCUT2D eigenvalue weighted by molar-refractivity contribution is -0.138. The van der Waals surface area contributed by atoms with Crippen molar-refractivity contribution in [2.75, 3.05) is 12.4 Å². The Kier molecular flexibility index (Phi) is 6.57. The molecule has 0 aliphatic carbocycles. The van der Waals surface area contributed by atoms with Crippen LogP contribution in [0.2, 0.25) is 0 Å². The molecule has 0 aromatic carbocycles. The quantitative estimate of drug-likeness (QED) is 0.611. The van der Waals surface area contributed by atoms with Gasteiger partial charge in [0, 0.05) is 31.6 Å². The number of anilines is 1. The van der Waals surface area contributed by atoms with E-state index in [1.807, 2.05) is 18.4 Å². The van der Waals surface area contributed by atoms with E-state index >= 15 is 0 Å². The Hall–Kier alpha value is -2.82. The van der Waals surface area contributed by atoms with Gasteiger partial charge < -0.3 is 20.1 Å². The molecule has 3 rings (SSSR count). The van der Waals surface area contributed by atoms with E-state index in [0.29, 0.717) is 11.7 Å². The Morgan fingerprint density at radius 1 is 1.28 bits per heavy atom. The highest BCUT2D eigenvalue weighted by atomic mass is 32.1. The zero-order chi connectivity index (χ0) is 21.0. The lowest BCUT2D eigenvalue weighted by Crippen LogP contribution is -2.50. The molecule has 0 spiro atoms. The van der Waals surface area contributed by atoms with Crippen molar-refractivity contribution in [1.82, 2.24) is 30.0 Å². The molecule has 10 nitrogen and oxygen atoms in total. The summed E-state index contributed by atoms with van der Waals surface area (Å²) in [5.41, 5.74) is 0. The maximum atomic E-state index is 12.9. The SMILES string of the molecule is CC(C)C(NC(=O)CC(=O)Nc1nccs1)C(=O)N(C)Cc1nnc2n1CCC2. The van der Waals surface area contributed by atoms with E-state index in [0.717, 1.165) is 31.0 Å². The summed E-state index contributed by atoms with van der Waals surface area (Å²) in [6, 6.07) is -0.735. The summed E-state index contributed by atoms with van der Waals surface area (Å²) in [4.78, 5) is 42.7. The summed E-state index contributed by atoms with van der Waals surface area (Å²) in [6.45, 7) is 4.87. The van der Waals surface area contributed by atoms with Gasteiger partial charge in [-0.2, -0.15) is 0 Å². The second kappa shape index (κ2) is 9.12. The smallest absolute Gasteiger partial charge is 0.245 e. The van der Waals surface area contributed by atoms with Gasteiger partial charge >= 0.3 is 0 Å². The summed E-state index contributed by atoms with van der Waals surface area (Å²) in [6.07, 6.45) is 3.12. The fourth-order valence-electron chi connectivity index (χ4n) is 3.19. The van der Waals surface area contributed by atoms with Crippen molar-refractivity contribution < 1.29 is 14.4 Å². The number of thiazole rings is 1. The van der Waals surface area contributed by atoms with Crippen molar-refractivity contribution in [2.45, 2.75) is 52.2 Å². The van der Waals surface area contributed by atoms with Crippen LogP contribution in [-0.4, -0.2) is 55.5 Å². The molecule has 3 heterocycles. The van der Waals surface area contributed by atoms with E-state index in [1.165, 1.54) is 16.2 Å². The average Bonchev–Trinajstić information content (AvgIpc) is 3.38. The first-order chi connectivity index (χ1) is 13.8. The van der Waals surface area contributed by atoms with E-state index in [2.05, 4.69) is 25.8 Å². The molecule has 1 unspecified atom stereocenters. The van der Waals surface area contributed by atoms with Crippen LogP contribution in [0.3, 0.4) is 0 Å². The normalized spacial score (nSPS) is 13.8. The molecule has 0 saturated carbocycles. The van der Waals surface area contributed by atoms with Crippen LogP contribution < -0.4 is 10.6 Å². The summed E-state index contributed by atoms with van der Waals surface area (Å²) in [7, 11) is 1.68. The van der Waals surface area contributed by atoms with Crippen molar-refractivity contribution in [3.8, 4) is 0 Å². The number of hydrogen-bond acceptors (Lipinski definition) is 7. The predicted molar refractivity (Wildman–Crippen MR) is 107 cm³/mol. The molecule has 2 N–H and O–H groups in total. The van der Waals surface area contributed by atoms with Crippen LogP contribution in [0.1, 0.15) is 38.3 Å². The molecule has 29 heavy (non-hydrogen) atoms. The molecule has 1 atom stereocenters. The Morgan fingerprint density at radius 3 is 2.76 bits per heavy atom. The number of rotatable bonds is 8. The highest BCUT2D eigenvalue weighted by Gasteiger charge is 2.29. The van der Waals surface area contributed by atoms with Crippen molar-refractivity contribution in [3.63, 3.8) is 0 Å². The van der Waals surface area contributed by atoms with Gasteiger partial charge in [0.2, 0.25) is 17.7 Å². The van der Waals surface area contributed by atoms with E-state index < -0.39 is 17.9 Å². The molecule has 156 valence electrons. The monoisotopic (exact) mass is 419 g/mol. The number of aryl methyl sites for hydroxylation is 1. The lowest BCUT2D eigenvalue weighted by atomic mass is 10.0. The van der Waals surface area contributed by atoms with Gasteiger partial charge in [0.1, 0.15) is 18.3 Å². The molecule has 0 radical (unpaired) electrons. The number of amides is 3. The van der Waals surface area contributed by atoms with Crippen LogP contribution in [0, 0.1) is 5.92 Å². The van der Waals surface area contributed by atoms with Gasteiger partial charge in [0.15, 0.2) is 11.0 Å². The fourth-order valence-corrected chi connectivity index (χ4v) is 3.73. The second-order valence-corrected chi connectivity index (χ2v) is 8.23. The number of nitrogens with one attached hydrogen (secondary N) is 2. The number of carbonyl (C=O) groups excluding carboxylic acids is 3. The van der Waals surface area contributed by atoms with E-state index in [9.17, 15) is 14.4 Å². The van der Waals surface area contributed by atoms with Crippen molar-refractivity contribution in [1.29, 1.82) is 0 Å². The summed E-state index contributed by atoms with van der Waals surface area (Å²) in [5, 5.41) is 15.7. The maximum absolute atomic E-state index is 12.9. The maximum Gasteiger partial charge on any atom is 0.245 e. The third-order valence-electron chi connectivity index (χ3n) is 4.69. The number of hydrogen-bond donors (Lipinski definition) is 2. The number of likely N-dealkylation sites (N-methyl/N-ethyl adjacent to an activating group) is 1. The standard InChI is InChI=1S/C18H25N7O3S/c1-11(2)16(20-14(26)9-15(27)21-18-19-6-8-29-18)17(28)24(3)10-13-23-22-12-5-4-7-25(12)13/h6,8,11,16H,4-5,7,9-10H2,1-3H3,(H,20,26)(H,19,21,27). The average molecular weight is 420 g/mol. The minimum Gasteiger partial charge on any atom is -0.344 e. The molecule has 3 amide bonds. The Labute approximate surface area is 172 Å². The first-order valence-electron chi connectivity index (χ1n) is 9.49. The Morgan fingerprint density at radius 2 is 2.07 bits per heavy atom. The lowest BCUT2D eigenvalue weighted by Gasteiger charge is -2.26. The highest BCUT2D eigenvalue weighted by Crippen LogP contribution is 2.16. The first-order valence-corrected chi connectivity index (χ1v) is 10.4. The van der Waals surface area contributed by atoms with Crippen LogP contribution in [0.15, 0.2) is 11.6 Å². The topological polar surface area (TPSA) is 122 Å². The van der Waals surface area contributed by atoms with Crippen LogP contribution in [0.25, 0.3) is 0 Å². The van der Waals surface area contributed by atoms with Gasteiger partial charge in [-0.1, -0.05) is 13.8 Å². The minimum atomic E-state index is -0.735. The second-order valence-electron chi connectivity index (χ2n) is 7.33. The molecular formula is C18H25N7O3S. The molecule has 1 aliphatic rings.